The summed E-state index contributed by atoms with van der Waals surface area (Å²) in [7, 11) is -3.26. The van der Waals surface area contributed by atoms with Gasteiger partial charge in [-0.15, -0.1) is 11.3 Å². The third-order valence-electron chi connectivity index (χ3n) is 4.40. The van der Waals surface area contributed by atoms with Crippen molar-refractivity contribution in [2.24, 2.45) is 5.41 Å². The van der Waals surface area contributed by atoms with E-state index in [1.54, 1.807) is 10.4 Å². The highest BCUT2D eigenvalue weighted by Gasteiger charge is 2.50. The predicted octanol–water partition coefficient (Wildman–Crippen LogP) is 3.01. The van der Waals surface area contributed by atoms with E-state index in [2.05, 4.69) is 0 Å². The van der Waals surface area contributed by atoms with Crippen LogP contribution in [-0.2, 0) is 10.0 Å². The van der Waals surface area contributed by atoms with Crippen LogP contribution in [0.1, 0.15) is 37.5 Å². The maximum atomic E-state index is 12.6. The minimum absolute atomic E-state index is 0.151. The fourth-order valence-corrected chi connectivity index (χ4v) is 6.46. The van der Waals surface area contributed by atoms with E-state index in [9.17, 15) is 8.42 Å². The Bertz CT molecular complexity index is 557. The summed E-state index contributed by atoms with van der Waals surface area (Å²) in [4.78, 5) is 1.05. The van der Waals surface area contributed by atoms with Gasteiger partial charge in [-0.2, -0.15) is 4.31 Å². The van der Waals surface area contributed by atoms with Crippen molar-refractivity contribution in [3.63, 3.8) is 0 Å². The minimum atomic E-state index is -3.26. The van der Waals surface area contributed by atoms with E-state index >= 15 is 0 Å². The highest BCUT2D eigenvalue weighted by Crippen LogP contribution is 2.51. The lowest BCUT2D eigenvalue weighted by atomic mass is 9.68. The van der Waals surface area contributed by atoms with Gasteiger partial charge in [-0.1, -0.05) is 6.42 Å². The number of sulfonamides is 1. The molecule has 1 saturated carbocycles. The van der Waals surface area contributed by atoms with Crippen LogP contribution in [0.4, 0.5) is 0 Å². The van der Waals surface area contributed by atoms with Crippen molar-refractivity contribution in [1.29, 1.82) is 0 Å². The maximum Gasteiger partial charge on any atom is 0.252 e. The molecule has 5 heteroatoms. The standard InChI is InChI=1S/C13H19NO2S2/c1-10-8-13(6-3-7-13)9-14(10)18(15,16)12-5-4-11(2)17-12/h4-5,10H,3,6-9H2,1-2H3. The Morgan fingerprint density at radius 3 is 2.56 bits per heavy atom. The molecule has 1 aliphatic heterocycles. The zero-order chi connectivity index (χ0) is 13.0. The fourth-order valence-electron chi connectivity index (χ4n) is 3.31. The lowest BCUT2D eigenvalue weighted by molar-refractivity contribution is 0.152. The molecular weight excluding hydrogens is 266 g/mol. The molecule has 1 saturated heterocycles. The fraction of sp³-hybridized carbons (Fsp3) is 0.692. The zero-order valence-electron chi connectivity index (χ0n) is 10.8. The molecule has 2 heterocycles. The SMILES string of the molecule is Cc1ccc(S(=O)(=O)N2CC3(CCC3)CC2C)s1. The normalized spacial score (nSPS) is 27.6. The van der Waals surface area contributed by atoms with Gasteiger partial charge in [0.05, 0.1) is 0 Å². The van der Waals surface area contributed by atoms with Crippen molar-refractivity contribution in [3.8, 4) is 0 Å². The molecule has 0 radical (unpaired) electrons. The highest BCUT2D eigenvalue weighted by molar-refractivity contribution is 7.91. The molecule has 1 aromatic heterocycles. The highest BCUT2D eigenvalue weighted by atomic mass is 32.2. The van der Waals surface area contributed by atoms with Crippen molar-refractivity contribution in [1.82, 2.24) is 4.31 Å². The summed E-state index contributed by atoms with van der Waals surface area (Å²) in [5, 5.41) is 0. The maximum absolute atomic E-state index is 12.6. The molecule has 1 spiro atoms. The average Bonchev–Trinajstić information content (AvgIpc) is 2.81. The molecule has 18 heavy (non-hydrogen) atoms. The Balaban J connectivity index is 1.90. The summed E-state index contributed by atoms with van der Waals surface area (Å²) in [5.74, 6) is 0. The van der Waals surface area contributed by atoms with Crippen molar-refractivity contribution >= 4 is 21.4 Å². The Kier molecular flexibility index (Phi) is 2.84. The average molecular weight is 285 g/mol. The van der Waals surface area contributed by atoms with Gasteiger partial charge in [-0.25, -0.2) is 8.42 Å². The van der Waals surface area contributed by atoms with Crippen molar-refractivity contribution in [2.45, 2.75) is 49.8 Å². The van der Waals surface area contributed by atoms with Gasteiger partial charge < -0.3 is 0 Å². The van der Waals surface area contributed by atoms with Gasteiger partial charge in [0.25, 0.3) is 10.0 Å². The summed E-state index contributed by atoms with van der Waals surface area (Å²) in [6, 6.07) is 3.78. The molecule has 1 aromatic rings. The number of nitrogens with zero attached hydrogens (tertiary/aromatic N) is 1. The van der Waals surface area contributed by atoms with E-state index in [0.717, 1.165) is 17.8 Å². The summed E-state index contributed by atoms with van der Waals surface area (Å²) in [5.41, 5.74) is 0.304. The van der Waals surface area contributed by atoms with E-state index in [0.29, 0.717) is 9.62 Å². The van der Waals surface area contributed by atoms with Gasteiger partial charge in [-0.05, 0) is 50.7 Å². The van der Waals surface area contributed by atoms with E-state index in [4.69, 9.17) is 0 Å². The summed E-state index contributed by atoms with van der Waals surface area (Å²) in [6.45, 7) is 4.73. The third kappa shape index (κ3) is 1.84. The number of aryl methyl sites for hydroxylation is 1. The van der Waals surface area contributed by atoms with Crippen LogP contribution in [0.5, 0.6) is 0 Å². The Hall–Kier alpha value is -0.390. The first kappa shape index (κ1) is 12.6. The summed E-state index contributed by atoms with van der Waals surface area (Å²) < 4.78 is 27.5. The molecule has 1 unspecified atom stereocenters. The van der Waals surface area contributed by atoms with E-state index in [1.807, 2.05) is 19.9 Å². The van der Waals surface area contributed by atoms with Crippen molar-refractivity contribution in [3.05, 3.63) is 17.0 Å². The van der Waals surface area contributed by atoms with Crippen molar-refractivity contribution < 1.29 is 8.42 Å². The van der Waals surface area contributed by atoms with Gasteiger partial charge in [0.15, 0.2) is 0 Å². The molecule has 3 rings (SSSR count). The first-order valence-electron chi connectivity index (χ1n) is 6.51. The van der Waals surface area contributed by atoms with Crippen LogP contribution in [0.15, 0.2) is 16.3 Å². The first-order chi connectivity index (χ1) is 8.43. The van der Waals surface area contributed by atoms with Crippen LogP contribution in [0.2, 0.25) is 0 Å². The van der Waals surface area contributed by atoms with Crippen LogP contribution in [-0.4, -0.2) is 25.3 Å². The molecule has 1 atom stereocenters. The molecule has 2 aliphatic rings. The monoisotopic (exact) mass is 285 g/mol. The van der Waals surface area contributed by atoms with Gasteiger partial charge in [0, 0.05) is 17.5 Å². The predicted molar refractivity (Wildman–Crippen MR) is 73.3 cm³/mol. The molecule has 0 aromatic carbocycles. The van der Waals surface area contributed by atoms with Crippen molar-refractivity contribution in [2.75, 3.05) is 6.54 Å². The van der Waals surface area contributed by atoms with Crippen LogP contribution in [0.25, 0.3) is 0 Å². The lowest BCUT2D eigenvalue weighted by Gasteiger charge is -2.37. The summed E-state index contributed by atoms with van der Waals surface area (Å²) in [6.07, 6.45) is 4.70. The quantitative estimate of drug-likeness (QED) is 0.837. The van der Waals surface area contributed by atoms with Gasteiger partial charge >= 0.3 is 0 Å². The second kappa shape index (κ2) is 4.05. The molecule has 0 N–H and O–H groups in total. The minimum Gasteiger partial charge on any atom is -0.206 e. The first-order valence-corrected chi connectivity index (χ1v) is 8.77. The molecule has 0 amide bonds. The lowest BCUT2D eigenvalue weighted by Crippen LogP contribution is -2.37. The number of rotatable bonds is 2. The summed E-state index contributed by atoms with van der Waals surface area (Å²) >= 11 is 1.38. The van der Waals surface area contributed by atoms with E-state index in [1.165, 1.54) is 30.6 Å². The van der Waals surface area contributed by atoms with Crippen LogP contribution >= 0.6 is 11.3 Å². The van der Waals surface area contributed by atoms with Gasteiger partial charge in [0.2, 0.25) is 0 Å². The van der Waals surface area contributed by atoms with Crippen LogP contribution < -0.4 is 0 Å². The van der Waals surface area contributed by atoms with Gasteiger partial charge in [0.1, 0.15) is 4.21 Å². The molecular formula is C13H19NO2S2. The Morgan fingerprint density at radius 2 is 2.11 bits per heavy atom. The smallest absolute Gasteiger partial charge is 0.206 e. The second-order valence-corrected chi connectivity index (χ2v) is 9.23. The Morgan fingerprint density at radius 1 is 1.39 bits per heavy atom. The zero-order valence-corrected chi connectivity index (χ0v) is 12.5. The molecule has 2 fully saturated rings. The van der Waals surface area contributed by atoms with Crippen LogP contribution in [0, 0.1) is 12.3 Å². The largest absolute Gasteiger partial charge is 0.252 e. The number of hydrogen-bond acceptors (Lipinski definition) is 3. The second-order valence-electron chi connectivity index (χ2n) is 5.82. The molecule has 3 nitrogen and oxygen atoms in total. The van der Waals surface area contributed by atoms with Crippen LogP contribution in [0.3, 0.4) is 0 Å². The van der Waals surface area contributed by atoms with E-state index < -0.39 is 10.0 Å². The third-order valence-corrected chi connectivity index (χ3v) is 7.83. The molecule has 1 aliphatic carbocycles. The molecule has 100 valence electrons. The van der Waals surface area contributed by atoms with Gasteiger partial charge in [-0.3, -0.25) is 0 Å². The number of hydrogen-bond donors (Lipinski definition) is 0. The topological polar surface area (TPSA) is 37.4 Å². The molecule has 0 bridgehead atoms. The number of thiophene rings is 1. The van der Waals surface area contributed by atoms with E-state index in [-0.39, 0.29) is 6.04 Å². The Labute approximate surface area is 113 Å².